The Morgan fingerprint density at radius 3 is 2.25 bits per heavy atom. The van der Waals surface area contributed by atoms with Crippen molar-refractivity contribution in [3.05, 3.63) is 106 Å². The van der Waals surface area contributed by atoms with Gasteiger partial charge in [-0.15, -0.1) is 11.3 Å². The topological polar surface area (TPSA) is 182 Å². The molecule has 16 heteroatoms. The predicted molar refractivity (Wildman–Crippen MR) is 218 cm³/mol. The second-order valence-corrected chi connectivity index (χ2v) is 17.9. The number of anilines is 1. The molecule has 2 heterocycles. The fourth-order valence-electron chi connectivity index (χ4n) is 6.71. The molecule has 4 amide bonds. The van der Waals surface area contributed by atoms with Gasteiger partial charge in [0.15, 0.2) is 0 Å². The minimum atomic E-state index is -4.34. The van der Waals surface area contributed by atoms with Crippen LogP contribution in [0, 0.1) is 18.8 Å². The quantitative estimate of drug-likeness (QED) is 0.0929. The van der Waals surface area contributed by atoms with Crippen molar-refractivity contribution in [3.8, 4) is 5.75 Å². The predicted octanol–water partition coefficient (Wildman–Crippen LogP) is 5.60. The van der Waals surface area contributed by atoms with Crippen molar-refractivity contribution in [1.82, 2.24) is 24.4 Å². The largest absolute Gasteiger partial charge is 0.506 e. The van der Waals surface area contributed by atoms with Crippen LogP contribution in [-0.4, -0.2) is 100 Å². The van der Waals surface area contributed by atoms with Gasteiger partial charge < -0.3 is 30.1 Å². The third-order valence-electron chi connectivity index (χ3n) is 9.49. The SMILES string of the molecule is Cc1nc(CN2CCN([C@H](C(=O)N[C@@H](Cc3ccccc3)[C@H](O)CN(CC(C)C)S(=O)(=O)c3ccc(O)c(NC(=O)OCc4ccccc4)c3)C(C)C)C2=O)cs1. The van der Waals surface area contributed by atoms with E-state index in [9.17, 15) is 33.0 Å². The van der Waals surface area contributed by atoms with Crippen molar-refractivity contribution in [1.29, 1.82) is 0 Å². The molecule has 0 spiro atoms. The average molecular weight is 821 g/mol. The van der Waals surface area contributed by atoms with E-state index in [2.05, 4.69) is 15.6 Å². The number of hydrogen-bond acceptors (Lipinski definition) is 10. The zero-order chi connectivity index (χ0) is 41.3. The van der Waals surface area contributed by atoms with Gasteiger partial charge in [-0.3, -0.25) is 10.1 Å². The van der Waals surface area contributed by atoms with E-state index in [0.29, 0.717) is 19.6 Å². The summed E-state index contributed by atoms with van der Waals surface area (Å²) >= 11 is 1.51. The molecular weight excluding hydrogens is 769 g/mol. The summed E-state index contributed by atoms with van der Waals surface area (Å²) < 4.78 is 35.0. The molecule has 1 aromatic heterocycles. The Hall–Kier alpha value is -5.03. The highest BCUT2D eigenvalue weighted by molar-refractivity contribution is 7.89. The minimum absolute atomic E-state index is 0.0133. The van der Waals surface area contributed by atoms with Crippen LogP contribution in [-0.2, 0) is 39.1 Å². The first kappa shape index (κ1) is 43.1. The summed E-state index contributed by atoms with van der Waals surface area (Å²) in [5, 5.41) is 30.7. The molecule has 0 saturated carbocycles. The fraction of sp³-hybridized carbons (Fsp3) is 0.415. The summed E-state index contributed by atoms with van der Waals surface area (Å²) in [4.78, 5) is 47.9. The van der Waals surface area contributed by atoms with Crippen LogP contribution in [0.15, 0.2) is 89.1 Å². The number of aromatic hydroxyl groups is 1. The summed E-state index contributed by atoms with van der Waals surface area (Å²) in [6, 6.07) is 19.6. The number of amides is 4. The first-order chi connectivity index (χ1) is 27.1. The summed E-state index contributed by atoms with van der Waals surface area (Å²) in [7, 11) is -4.34. The Kier molecular flexibility index (Phi) is 14.7. The lowest BCUT2D eigenvalue weighted by atomic mass is 9.97. The highest BCUT2D eigenvalue weighted by atomic mass is 32.2. The molecule has 4 N–H and O–H groups in total. The lowest BCUT2D eigenvalue weighted by molar-refractivity contribution is -0.128. The van der Waals surface area contributed by atoms with E-state index in [-0.39, 0.29) is 53.8 Å². The van der Waals surface area contributed by atoms with Crippen LogP contribution in [0.4, 0.5) is 15.3 Å². The van der Waals surface area contributed by atoms with Gasteiger partial charge in [-0.2, -0.15) is 4.31 Å². The van der Waals surface area contributed by atoms with Crippen LogP contribution in [0.2, 0.25) is 0 Å². The molecule has 0 bridgehead atoms. The molecule has 0 aliphatic carbocycles. The molecule has 4 aromatic rings. The maximum atomic E-state index is 14.3. The summed E-state index contributed by atoms with van der Waals surface area (Å²) in [5.41, 5.74) is 2.15. The van der Waals surface area contributed by atoms with Crippen molar-refractivity contribution in [2.24, 2.45) is 11.8 Å². The molecule has 0 radical (unpaired) electrons. The number of ether oxygens (including phenoxy) is 1. The first-order valence-electron chi connectivity index (χ1n) is 18.9. The zero-order valence-electron chi connectivity index (χ0n) is 32.9. The highest BCUT2D eigenvalue weighted by Crippen LogP contribution is 2.29. The smallest absolute Gasteiger partial charge is 0.412 e. The molecule has 3 aromatic carbocycles. The number of urea groups is 1. The van der Waals surface area contributed by atoms with Crippen LogP contribution in [0.1, 0.15) is 49.5 Å². The lowest BCUT2D eigenvalue weighted by Gasteiger charge is -2.34. The Labute approximate surface area is 338 Å². The number of aromatic nitrogens is 1. The van der Waals surface area contributed by atoms with Gasteiger partial charge in [-0.05, 0) is 54.5 Å². The fourth-order valence-corrected chi connectivity index (χ4v) is 8.97. The average Bonchev–Trinajstić information content (AvgIpc) is 3.75. The molecular formula is C41H52N6O8S2. The van der Waals surface area contributed by atoms with E-state index < -0.39 is 46.8 Å². The van der Waals surface area contributed by atoms with Crippen LogP contribution >= 0.6 is 11.3 Å². The molecule has 1 aliphatic heterocycles. The number of thiazole rings is 1. The number of phenols is 1. The monoisotopic (exact) mass is 820 g/mol. The standard InChI is InChI=1S/C41H52N6O8S2/c1-27(2)22-46(57(53,54)33-16-17-36(48)35(21-33)44-40(51)55-25-31-14-10-7-11-15-31)24-37(49)34(20-30-12-8-6-9-13-30)43-39(50)38(28(3)4)47-19-18-45(41(47)52)23-32-26-56-29(5)42-32/h6-17,21,26-28,34,37-38,48-49H,18-20,22-25H2,1-5H3,(H,43,50)(H,44,51)/t34-,37+,38-/m0/s1. The Bertz CT molecular complexity index is 2080. The van der Waals surface area contributed by atoms with E-state index in [1.54, 1.807) is 34.1 Å². The summed E-state index contributed by atoms with van der Waals surface area (Å²) in [6.07, 6.45) is -2.11. The molecule has 5 rings (SSSR count). The minimum Gasteiger partial charge on any atom is -0.506 e. The number of sulfonamides is 1. The number of aryl methyl sites for hydroxylation is 1. The third kappa shape index (κ3) is 11.5. The molecule has 306 valence electrons. The second kappa shape index (κ2) is 19.4. The number of aliphatic hydroxyl groups excluding tert-OH is 1. The summed E-state index contributed by atoms with van der Waals surface area (Å²) in [6.45, 7) is 9.96. The van der Waals surface area contributed by atoms with Gasteiger partial charge in [-0.25, -0.2) is 23.0 Å². The molecule has 1 saturated heterocycles. The van der Waals surface area contributed by atoms with Gasteiger partial charge in [0.2, 0.25) is 15.9 Å². The van der Waals surface area contributed by atoms with Crippen molar-refractivity contribution in [2.75, 3.05) is 31.5 Å². The molecule has 1 fully saturated rings. The maximum Gasteiger partial charge on any atom is 0.412 e. The Morgan fingerprint density at radius 2 is 1.63 bits per heavy atom. The van der Waals surface area contributed by atoms with Gasteiger partial charge in [0.25, 0.3) is 0 Å². The normalized spacial score (nSPS) is 14.9. The van der Waals surface area contributed by atoms with Crippen LogP contribution < -0.4 is 10.6 Å². The first-order valence-corrected chi connectivity index (χ1v) is 21.2. The number of carbonyl (C=O) groups excluding carboxylic acids is 3. The number of aliphatic hydroxyl groups is 1. The van der Waals surface area contributed by atoms with Crippen LogP contribution in [0.3, 0.4) is 0 Å². The highest BCUT2D eigenvalue weighted by Gasteiger charge is 2.41. The van der Waals surface area contributed by atoms with E-state index >= 15 is 0 Å². The number of phenolic OH excluding ortho intramolecular Hbond substituents is 1. The van der Waals surface area contributed by atoms with Crippen molar-refractivity contribution in [3.63, 3.8) is 0 Å². The molecule has 57 heavy (non-hydrogen) atoms. The third-order valence-corrected chi connectivity index (χ3v) is 12.1. The number of hydrogen-bond donors (Lipinski definition) is 4. The van der Waals surface area contributed by atoms with Gasteiger partial charge in [0, 0.05) is 31.6 Å². The Morgan fingerprint density at radius 1 is 0.965 bits per heavy atom. The lowest BCUT2D eigenvalue weighted by Crippen LogP contribution is -2.57. The Balaban J connectivity index is 1.35. The number of nitrogens with zero attached hydrogens (tertiary/aromatic N) is 4. The van der Waals surface area contributed by atoms with Crippen molar-refractivity contribution in [2.45, 2.75) is 77.3 Å². The van der Waals surface area contributed by atoms with Gasteiger partial charge in [0.1, 0.15) is 18.4 Å². The number of benzene rings is 3. The molecule has 3 atom stereocenters. The van der Waals surface area contributed by atoms with E-state index in [1.165, 1.54) is 17.4 Å². The van der Waals surface area contributed by atoms with E-state index in [1.807, 2.05) is 76.4 Å². The number of carbonyl (C=O) groups is 3. The maximum absolute atomic E-state index is 14.3. The van der Waals surface area contributed by atoms with Gasteiger partial charge >= 0.3 is 12.1 Å². The molecule has 1 aliphatic rings. The second-order valence-electron chi connectivity index (χ2n) is 14.9. The van der Waals surface area contributed by atoms with Crippen molar-refractivity contribution >= 4 is 45.1 Å². The molecule has 14 nitrogen and oxygen atoms in total. The molecule has 0 unspecified atom stereocenters. The number of rotatable bonds is 18. The van der Waals surface area contributed by atoms with Gasteiger partial charge in [0.05, 0.1) is 40.0 Å². The van der Waals surface area contributed by atoms with Crippen molar-refractivity contribution < 1.29 is 37.8 Å². The van der Waals surface area contributed by atoms with Gasteiger partial charge in [-0.1, -0.05) is 88.4 Å². The summed E-state index contributed by atoms with van der Waals surface area (Å²) in [5.74, 6) is -1.28. The van der Waals surface area contributed by atoms with E-state index in [0.717, 1.165) is 38.3 Å². The number of nitrogens with one attached hydrogen (secondary N) is 2. The van der Waals surface area contributed by atoms with Crippen LogP contribution in [0.25, 0.3) is 0 Å². The zero-order valence-corrected chi connectivity index (χ0v) is 34.5. The van der Waals surface area contributed by atoms with E-state index in [4.69, 9.17) is 4.74 Å². The van der Waals surface area contributed by atoms with Crippen LogP contribution in [0.5, 0.6) is 5.75 Å².